The molecule has 2 amide bonds. The highest BCUT2D eigenvalue weighted by molar-refractivity contribution is 5.89. The summed E-state index contributed by atoms with van der Waals surface area (Å²) in [5.74, 6) is -0.323. The molecule has 3 aromatic rings. The number of urea groups is 1. The molecule has 0 radical (unpaired) electrons. The lowest BCUT2D eigenvalue weighted by atomic mass is 10.1. The SMILES string of the molecule is CC[C@@H]1c2cccn2-c2ccccc2CN1C(=O)Nc1ccc(F)cc1. The lowest BCUT2D eigenvalue weighted by Crippen LogP contribution is -2.37. The smallest absolute Gasteiger partial charge is 0.318 e. The van der Waals surface area contributed by atoms with Gasteiger partial charge in [-0.2, -0.15) is 0 Å². The first-order valence-electron chi connectivity index (χ1n) is 8.76. The lowest BCUT2D eigenvalue weighted by Gasteiger charge is -2.29. The summed E-state index contributed by atoms with van der Waals surface area (Å²) in [7, 11) is 0. The third-order valence-corrected chi connectivity index (χ3v) is 4.83. The van der Waals surface area contributed by atoms with Crippen LogP contribution in [-0.2, 0) is 6.54 Å². The summed E-state index contributed by atoms with van der Waals surface area (Å²) < 4.78 is 15.3. The van der Waals surface area contributed by atoms with E-state index in [1.807, 2.05) is 29.3 Å². The highest BCUT2D eigenvalue weighted by Crippen LogP contribution is 2.34. The molecular weight excluding hydrogens is 329 g/mol. The van der Waals surface area contributed by atoms with E-state index in [-0.39, 0.29) is 17.9 Å². The maximum absolute atomic E-state index is 13.1. The predicted octanol–water partition coefficient (Wildman–Crippen LogP) is 5.12. The zero-order chi connectivity index (χ0) is 18.1. The molecule has 0 aliphatic carbocycles. The molecule has 1 aromatic heterocycles. The summed E-state index contributed by atoms with van der Waals surface area (Å²) in [5.41, 5.74) is 3.86. The van der Waals surface area contributed by atoms with Crippen LogP contribution in [0.4, 0.5) is 14.9 Å². The van der Waals surface area contributed by atoms with Gasteiger partial charge in [0.25, 0.3) is 0 Å². The third kappa shape index (κ3) is 2.86. The van der Waals surface area contributed by atoms with Crippen LogP contribution in [0.5, 0.6) is 0 Å². The maximum atomic E-state index is 13.1. The van der Waals surface area contributed by atoms with E-state index in [0.29, 0.717) is 12.2 Å². The molecule has 4 rings (SSSR count). The van der Waals surface area contributed by atoms with Crippen molar-refractivity contribution in [1.82, 2.24) is 9.47 Å². The van der Waals surface area contributed by atoms with Crippen LogP contribution >= 0.6 is 0 Å². The van der Waals surface area contributed by atoms with E-state index in [9.17, 15) is 9.18 Å². The number of carbonyl (C=O) groups excluding carboxylic acids is 1. The van der Waals surface area contributed by atoms with E-state index in [2.05, 4.69) is 35.0 Å². The summed E-state index contributed by atoms with van der Waals surface area (Å²) in [4.78, 5) is 14.9. The van der Waals surface area contributed by atoms with Gasteiger partial charge in [0.05, 0.1) is 18.3 Å². The number of para-hydroxylation sites is 1. The van der Waals surface area contributed by atoms with E-state index in [1.165, 1.54) is 12.1 Å². The van der Waals surface area contributed by atoms with E-state index in [0.717, 1.165) is 23.4 Å². The largest absolute Gasteiger partial charge is 0.322 e. The fraction of sp³-hybridized carbons (Fsp3) is 0.190. The first-order chi connectivity index (χ1) is 12.7. The summed E-state index contributed by atoms with van der Waals surface area (Å²) in [5, 5.41) is 2.90. The van der Waals surface area contributed by atoms with Crippen LogP contribution in [0, 0.1) is 5.82 Å². The minimum absolute atomic E-state index is 0.0437. The van der Waals surface area contributed by atoms with Gasteiger partial charge in [-0.25, -0.2) is 9.18 Å². The summed E-state index contributed by atoms with van der Waals surface area (Å²) in [6.07, 6.45) is 2.84. The van der Waals surface area contributed by atoms with Gasteiger partial charge < -0.3 is 14.8 Å². The van der Waals surface area contributed by atoms with Crippen molar-refractivity contribution in [2.45, 2.75) is 25.9 Å². The third-order valence-electron chi connectivity index (χ3n) is 4.83. The second-order valence-electron chi connectivity index (χ2n) is 6.42. The monoisotopic (exact) mass is 349 g/mol. The molecular formula is C21H20FN3O. The molecule has 2 aromatic carbocycles. The Hall–Kier alpha value is -3.08. The van der Waals surface area contributed by atoms with Gasteiger partial charge in [0, 0.05) is 17.6 Å². The highest BCUT2D eigenvalue weighted by atomic mass is 19.1. The van der Waals surface area contributed by atoms with Crippen LogP contribution < -0.4 is 5.32 Å². The number of amides is 2. The van der Waals surface area contributed by atoms with Gasteiger partial charge >= 0.3 is 6.03 Å². The van der Waals surface area contributed by atoms with Gasteiger partial charge in [0.1, 0.15) is 5.82 Å². The van der Waals surface area contributed by atoms with E-state index in [4.69, 9.17) is 0 Å². The van der Waals surface area contributed by atoms with Crippen molar-refractivity contribution in [2.24, 2.45) is 0 Å². The fourth-order valence-electron chi connectivity index (χ4n) is 3.59. The van der Waals surface area contributed by atoms with E-state index in [1.54, 1.807) is 12.1 Å². The second kappa shape index (κ2) is 6.67. The average Bonchev–Trinajstić information content (AvgIpc) is 3.08. The molecule has 0 saturated heterocycles. The number of fused-ring (bicyclic) bond motifs is 3. The van der Waals surface area contributed by atoms with Gasteiger partial charge in [-0.15, -0.1) is 0 Å². The van der Waals surface area contributed by atoms with Gasteiger partial charge in [0.15, 0.2) is 0 Å². The van der Waals surface area contributed by atoms with Crippen LogP contribution in [-0.4, -0.2) is 15.5 Å². The molecule has 132 valence electrons. The van der Waals surface area contributed by atoms with Crippen molar-refractivity contribution in [3.05, 3.63) is 83.9 Å². The molecule has 1 aliphatic heterocycles. The van der Waals surface area contributed by atoms with Crippen LogP contribution in [0.2, 0.25) is 0 Å². The minimum atomic E-state index is -0.323. The summed E-state index contributed by atoms with van der Waals surface area (Å²) in [6.45, 7) is 2.60. The van der Waals surface area contributed by atoms with Crippen LogP contribution in [0.1, 0.15) is 30.6 Å². The van der Waals surface area contributed by atoms with Gasteiger partial charge in [-0.3, -0.25) is 0 Å². The number of halogens is 1. The predicted molar refractivity (Wildman–Crippen MR) is 99.8 cm³/mol. The van der Waals surface area contributed by atoms with Crippen molar-refractivity contribution >= 4 is 11.7 Å². The molecule has 0 unspecified atom stereocenters. The van der Waals surface area contributed by atoms with Crippen molar-refractivity contribution in [3.8, 4) is 5.69 Å². The number of aromatic nitrogens is 1. The van der Waals surface area contributed by atoms with Gasteiger partial charge in [-0.1, -0.05) is 25.1 Å². The Bertz CT molecular complexity index is 932. The maximum Gasteiger partial charge on any atom is 0.322 e. The number of carbonyl (C=O) groups is 1. The number of hydrogen-bond acceptors (Lipinski definition) is 1. The standard InChI is InChI=1S/C21H20FN3O/c1-2-18-20-8-5-13-24(20)19-7-4-3-6-15(19)14-25(18)21(26)23-17-11-9-16(22)10-12-17/h3-13,18H,2,14H2,1H3,(H,23,26)/t18-/m1/s1. The van der Waals surface area contributed by atoms with Gasteiger partial charge in [-0.05, 0) is 54.4 Å². The molecule has 5 heteroatoms. The minimum Gasteiger partial charge on any atom is -0.318 e. The quantitative estimate of drug-likeness (QED) is 0.685. The number of hydrogen-bond donors (Lipinski definition) is 1. The number of nitrogens with one attached hydrogen (secondary N) is 1. The Balaban J connectivity index is 1.71. The summed E-state index contributed by atoms with van der Waals surface area (Å²) in [6, 6.07) is 17.8. The number of nitrogens with zero attached hydrogens (tertiary/aromatic N) is 2. The van der Waals surface area contributed by atoms with Crippen LogP contribution in [0.3, 0.4) is 0 Å². The lowest BCUT2D eigenvalue weighted by molar-refractivity contribution is 0.181. The zero-order valence-electron chi connectivity index (χ0n) is 14.5. The molecule has 0 fully saturated rings. The van der Waals surface area contributed by atoms with E-state index < -0.39 is 0 Å². The molecule has 1 N–H and O–H groups in total. The molecule has 4 nitrogen and oxygen atoms in total. The first kappa shape index (κ1) is 16.4. The Labute approximate surface area is 151 Å². The van der Waals surface area contributed by atoms with Crippen LogP contribution in [0.15, 0.2) is 66.9 Å². The molecule has 0 bridgehead atoms. The molecule has 1 aliphatic rings. The molecule has 2 heterocycles. The number of anilines is 1. The van der Waals surface area contributed by atoms with Crippen molar-refractivity contribution in [2.75, 3.05) is 5.32 Å². The highest BCUT2D eigenvalue weighted by Gasteiger charge is 2.30. The van der Waals surface area contributed by atoms with E-state index >= 15 is 0 Å². The van der Waals surface area contributed by atoms with Crippen molar-refractivity contribution in [3.63, 3.8) is 0 Å². The Morgan fingerprint density at radius 3 is 2.65 bits per heavy atom. The second-order valence-corrected chi connectivity index (χ2v) is 6.42. The van der Waals surface area contributed by atoms with Crippen molar-refractivity contribution in [1.29, 1.82) is 0 Å². The molecule has 0 spiro atoms. The number of rotatable bonds is 2. The average molecular weight is 349 g/mol. The topological polar surface area (TPSA) is 37.3 Å². The molecule has 26 heavy (non-hydrogen) atoms. The Morgan fingerprint density at radius 1 is 1.12 bits per heavy atom. The first-order valence-corrected chi connectivity index (χ1v) is 8.76. The normalized spacial score (nSPS) is 15.8. The molecule has 1 atom stereocenters. The van der Waals surface area contributed by atoms with Gasteiger partial charge in [0.2, 0.25) is 0 Å². The Kier molecular flexibility index (Phi) is 4.21. The summed E-state index contributed by atoms with van der Waals surface area (Å²) >= 11 is 0. The Morgan fingerprint density at radius 2 is 1.88 bits per heavy atom. The van der Waals surface area contributed by atoms with Crippen molar-refractivity contribution < 1.29 is 9.18 Å². The number of benzene rings is 2. The zero-order valence-corrected chi connectivity index (χ0v) is 14.5. The fourth-order valence-corrected chi connectivity index (χ4v) is 3.59. The molecule has 0 saturated carbocycles. The van der Waals surface area contributed by atoms with Crippen LogP contribution in [0.25, 0.3) is 5.69 Å².